The van der Waals surface area contributed by atoms with Crippen LogP contribution in [0.4, 0.5) is 0 Å². The van der Waals surface area contributed by atoms with Crippen molar-refractivity contribution in [2.45, 2.75) is 33.6 Å². The standard InChI is InChI=1S/C17H28N2O2/c1-4-10-18-11-12-19-17(20)15-5-7-16(8-6-15)21-13-9-14(2)3/h5-8,14,18H,4,9-13H2,1-3H3,(H,19,20). The molecule has 1 aromatic rings. The van der Waals surface area contributed by atoms with Crippen molar-refractivity contribution in [1.82, 2.24) is 10.6 Å². The van der Waals surface area contributed by atoms with E-state index in [9.17, 15) is 4.79 Å². The van der Waals surface area contributed by atoms with E-state index in [0.717, 1.165) is 31.7 Å². The zero-order valence-electron chi connectivity index (χ0n) is 13.4. The van der Waals surface area contributed by atoms with Crippen molar-refractivity contribution in [3.8, 4) is 5.75 Å². The Hall–Kier alpha value is -1.55. The van der Waals surface area contributed by atoms with Crippen molar-refractivity contribution in [3.63, 3.8) is 0 Å². The van der Waals surface area contributed by atoms with Crippen molar-refractivity contribution in [1.29, 1.82) is 0 Å². The fourth-order valence-electron chi connectivity index (χ4n) is 1.78. The molecule has 0 aliphatic rings. The molecule has 21 heavy (non-hydrogen) atoms. The summed E-state index contributed by atoms with van der Waals surface area (Å²) in [7, 11) is 0. The Labute approximate surface area is 128 Å². The van der Waals surface area contributed by atoms with Gasteiger partial charge in [-0.3, -0.25) is 4.79 Å². The Morgan fingerprint density at radius 1 is 1.14 bits per heavy atom. The van der Waals surface area contributed by atoms with E-state index in [0.29, 0.717) is 24.6 Å². The van der Waals surface area contributed by atoms with E-state index in [-0.39, 0.29) is 5.91 Å². The van der Waals surface area contributed by atoms with Crippen molar-refractivity contribution < 1.29 is 9.53 Å². The van der Waals surface area contributed by atoms with Gasteiger partial charge in [0.15, 0.2) is 0 Å². The molecule has 4 heteroatoms. The second-order valence-corrected chi connectivity index (χ2v) is 5.56. The zero-order chi connectivity index (χ0) is 15.5. The van der Waals surface area contributed by atoms with E-state index in [2.05, 4.69) is 31.4 Å². The van der Waals surface area contributed by atoms with Crippen LogP contribution in [-0.2, 0) is 0 Å². The number of carbonyl (C=O) groups is 1. The van der Waals surface area contributed by atoms with Gasteiger partial charge >= 0.3 is 0 Å². The van der Waals surface area contributed by atoms with Crippen molar-refractivity contribution in [2.75, 3.05) is 26.2 Å². The van der Waals surface area contributed by atoms with Crippen molar-refractivity contribution >= 4 is 5.91 Å². The highest BCUT2D eigenvalue weighted by Crippen LogP contribution is 2.13. The number of hydrogen-bond acceptors (Lipinski definition) is 3. The first-order valence-corrected chi connectivity index (χ1v) is 7.85. The van der Waals surface area contributed by atoms with Crippen LogP contribution in [0.5, 0.6) is 5.75 Å². The Morgan fingerprint density at radius 2 is 1.86 bits per heavy atom. The van der Waals surface area contributed by atoms with Crippen LogP contribution in [0.3, 0.4) is 0 Å². The van der Waals surface area contributed by atoms with E-state index in [4.69, 9.17) is 4.74 Å². The van der Waals surface area contributed by atoms with Crippen LogP contribution in [0.1, 0.15) is 44.0 Å². The van der Waals surface area contributed by atoms with Crippen LogP contribution in [0.25, 0.3) is 0 Å². The highest BCUT2D eigenvalue weighted by molar-refractivity contribution is 5.94. The third-order valence-electron chi connectivity index (χ3n) is 3.09. The molecule has 0 spiro atoms. The molecule has 1 rings (SSSR count). The summed E-state index contributed by atoms with van der Waals surface area (Å²) < 4.78 is 5.64. The lowest BCUT2D eigenvalue weighted by molar-refractivity contribution is 0.0954. The maximum absolute atomic E-state index is 11.9. The van der Waals surface area contributed by atoms with E-state index in [1.165, 1.54) is 0 Å². The van der Waals surface area contributed by atoms with Gasteiger partial charge in [-0.1, -0.05) is 20.8 Å². The molecule has 2 N–H and O–H groups in total. The molecule has 0 saturated heterocycles. The number of benzene rings is 1. The molecule has 0 heterocycles. The lowest BCUT2D eigenvalue weighted by Crippen LogP contribution is -2.32. The maximum Gasteiger partial charge on any atom is 0.251 e. The number of rotatable bonds is 10. The largest absolute Gasteiger partial charge is 0.494 e. The third-order valence-corrected chi connectivity index (χ3v) is 3.09. The highest BCUT2D eigenvalue weighted by Gasteiger charge is 2.05. The molecular formula is C17H28N2O2. The summed E-state index contributed by atoms with van der Waals surface area (Å²) in [6, 6.07) is 7.31. The molecular weight excluding hydrogens is 264 g/mol. The van der Waals surface area contributed by atoms with Crippen LogP contribution >= 0.6 is 0 Å². The lowest BCUT2D eigenvalue weighted by Gasteiger charge is -2.09. The summed E-state index contributed by atoms with van der Waals surface area (Å²) in [6.07, 6.45) is 2.14. The van der Waals surface area contributed by atoms with Crippen LogP contribution in [0.2, 0.25) is 0 Å². The van der Waals surface area contributed by atoms with Crippen LogP contribution < -0.4 is 15.4 Å². The van der Waals surface area contributed by atoms with Gasteiger partial charge in [-0.15, -0.1) is 0 Å². The van der Waals surface area contributed by atoms with Crippen molar-refractivity contribution in [2.24, 2.45) is 5.92 Å². The molecule has 0 aromatic heterocycles. The van der Waals surface area contributed by atoms with Crippen LogP contribution in [0.15, 0.2) is 24.3 Å². The first-order valence-electron chi connectivity index (χ1n) is 7.85. The van der Waals surface area contributed by atoms with Gasteiger partial charge in [0.25, 0.3) is 5.91 Å². The Balaban J connectivity index is 2.30. The molecule has 0 bridgehead atoms. The zero-order valence-corrected chi connectivity index (χ0v) is 13.4. The van der Waals surface area contributed by atoms with E-state index >= 15 is 0 Å². The fraction of sp³-hybridized carbons (Fsp3) is 0.588. The van der Waals surface area contributed by atoms with Gasteiger partial charge < -0.3 is 15.4 Å². The summed E-state index contributed by atoms with van der Waals surface area (Å²) in [6.45, 7) is 9.61. The second kappa shape index (κ2) is 10.2. The normalized spacial score (nSPS) is 10.7. The number of amides is 1. The van der Waals surface area contributed by atoms with Crippen molar-refractivity contribution in [3.05, 3.63) is 29.8 Å². The molecule has 0 atom stereocenters. The highest BCUT2D eigenvalue weighted by atomic mass is 16.5. The molecule has 0 unspecified atom stereocenters. The summed E-state index contributed by atoms with van der Waals surface area (Å²) in [5, 5.41) is 6.14. The Kier molecular flexibility index (Phi) is 8.51. The molecule has 0 aliphatic heterocycles. The first-order chi connectivity index (χ1) is 10.1. The molecule has 0 radical (unpaired) electrons. The summed E-state index contributed by atoms with van der Waals surface area (Å²) in [5.74, 6) is 1.41. The van der Waals surface area contributed by atoms with Gasteiger partial charge in [-0.25, -0.2) is 0 Å². The predicted octanol–water partition coefficient (Wildman–Crippen LogP) is 2.84. The molecule has 0 fully saturated rings. The fourth-order valence-corrected chi connectivity index (χ4v) is 1.78. The molecule has 4 nitrogen and oxygen atoms in total. The van der Waals surface area contributed by atoms with Gasteiger partial charge in [0.2, 0.25) is 0 Å². The molecule has 0 aliphatic carbocycles. The predicted molar refractivity (Wildman–Crippen MR) is 86.9 cm³/mol. The van der Waals surface area contributed by atoms with Crippen LogP contribution in [-0.4, -0.2) is 32.1 Å². The van der Waals surface area contributed by atoms with Gasteiger partial charge in [0.05, 0.1) is 6.61 Å². The Morgan fingerprint density at radius 3 is 2.48 bits per heavy atom. The number of ether oxygens (including phenoxy) is 1. The third kappa shape index (κ3) is 7.71. The van der Waals surface area contributed by atoms with Gasteiger partial charge in [0.1, 0.15) is 5.75 Å². The minimum absolute atomic E-state index is 0.0398. The van der Waals surface area contributed by atoms with E-state index in [1.807, 2.05) is 12.1 Å². The van der Waals surface area contributed by atoms with Crippen LogP contribution in [0, 0.1) is 5.92 Å². The average Bonchev–Trinajstić information content (AvgIpc) is 2.47. The van der Waals surface area contributed by atoms with Gasteiger partial charge in [-0.2, -0.15) is 0 Å². The second-order valence-electron chi connectivity index (χ2n) is 5.56. The van der Waals surface area contributed by atoms with E-state index < -0.39 is 0 Å². The van der Waals surface area contributed by atoms with Gasteiger partial charge in [-0.05, 0) is 49.6 Å². The molecule has 1 aromatic carbocycles. The summed E-state index contributed by atoms with van der Waals surface area (Å²) >= 11 is 0. The molecule has 118 valence electrons. The molecule has 0 saturated carbocycles. The summed E-state index contributed by atoms with van der Waals surface area (Å²) in [5.41, 5.74) is 0.668. The van der Waals surface area contributed by atoms with Gasteiger partial charge in [0, 0.05) is 18.7 Å². The number of hydrogen-bond donors (Lipinski definition) is 2. The topological polar surface area (TPSA) is 50.4 Å². The van der Waals surface area contributed by atoms with E-state index in [1.54, 1.807) is 12.1 Å². The maximum atomic E-state index is 11.9. The minimum atomic E-state index is -0.0398. The Bertz CT molecular complexity index is 402. The average molecular weight is 292 g/mol. The lowest BCUT2D eigenvalue weighted by atomic mass is 10.1. The first kappa shape index (κ1) is 17.5. The minimum Gasteiger partial charge on any atom is -0.494 e. The number of carbonyl (C=O) groups excluding carboxylic acids is 1. The number of nitrogens with one attached hydrogen (secondary N) is 2. The monoisotopic (exact) mass is 292 g/mol. The smallest absolute Gasteiger partial charge is 0.251 e. The SMILES string of the molecule is CCCNCCNC(=O)c1ccc(OCCC(C)C)cc1. The quantitative estimate of drug-likeness (QED) is 0.652. The molecule has 1 amide bonds. The summed E-state index contributed by atoms with van der Waals surface area (Å²) in [4.78, 5) is 11.9.